The van der Waals surface area contributed by atoms with Crippen LogP contribution in [0.2, 0.25) is 0 Å². The average Bonchev–Trinajstić information content (AvgIpc) is 3.24. The van der Waals surface area contributed by atoms with E-state index in [0.29, 0.717) is 12.1 Å². The van der Waals surface area contributed by atoms with E-state index in [2.05, 4.69) is 36.3 Å². The number of aromatic nitrogens is 3. The summed E-state index contributed by atoms with van der Waals surface area (Å²) in [6.07, 6.45) is 6.48. The van der Waals surface area contributed by atoms with E-state index in [4.69, 9.17) is 0 Å². The summed E-state index contributed by atoms with van der Waals surface area (Å²) in [5, 5.41) is 4.25. The first-order valence-electron chi connectivity index (χ1n) is 8.08. The van der Waals surface area contributed by atoms with Gasteiger partial charge in [-0.15, -0.1) is 0 Å². The molecule has 0 saturated carbocycles. The van der Waals surface area contributed by atoms with Crippen LogP contribution in [0.4, 0.5) is 0 Å². The highest BCUT2D eigenvalue weighted by Crippen LogP contribution is 2.17. The standard InChI is InChI=1S/C19H22N4O/c1-4-15-7-9-16(10-8-15)14-21(2)19(24)17-13-20-22(3)18(17)23-11-5-6-12-23/h5-13H,4,14H2,1-3H3. The third kappa shape index (κ3) is 3.11. The van der Waals surface area contributed by atoms with E-state index in [1.165, 1.54) is 5.56 Å². The molecule has 124 valence electrons. The van der Waals surface area contributed by atoms with Crippen LogP contribution >= 0.6 is 0 Å². The van der Waals surface area contributed by atoms with Crippen molar-refractivity contribution in [2.75, 3.05) is 7.05 Å². The number of carbonyl (C=O) groups excluding carboxylic acids is 1. The molecule has 0 aliphatic carbocycles. The van der Waals surface area contributed by atoms with Crippen LogP contribution in [0.25, 0.3) is 5.82 Å². The molecule has 0 radical (unpaired) electrons. The fourth-order valence-corrected chi connectivity index (χ4v) is 2.80. The highest BCUT2D eigenvalue weighted by atomic mass is 16.2. The Morgan fingerprint density at radius 1 is 1.12 bits per heavy atom. The molecule has 0 atom stereocenters. The minimum Gasteiger partial charge on any atom is -0.337 e. The first kappa shape index (κ1) is 16.1. The molecule has 0 spiro atoms. The molecule has 0 fully saturated rings. The minimum atomic E-state index is -0.0358. The zero-order valence-electron chi connectivity index (χ0n) is 14.3. The number of hydrogen-bond acceptors (Lipinski definition) is 2. The van der Waals surface area contributed by atoms with E-state index in [1.54, 1.807) is 15.8 Å². The second kappa shape index (κ2) is 6.74. The lowest BCUT2D eigenvalue weighted by molar-refractivity contribution is 0.0785. The van der Waals surface area contributed by atoms with Gasteiger partial charge in [0.25, 0.3) is 5.91 Å². The highest BCUT2D eigenvalue weighted by molar-refractivity contribution is 5.96. The van der Waals surface area contributed by atoms with Gasteiger partial charge in [0.2, 0.25) is 0 Å². The number of hydrogen-bond donors (Lipinski definition) is 0. The lowest BCUT2D eigenvalue weighted by Crippen LogP contribution is -2.27. The van der Waals surface area contributed by atoms with Crippen molar-refractivity contribution in [1.29, 1.82) is 0 Å². The Hall–Kier alpha value is -2.82. The van der Waals surface area contributed by atoms with Crippen LogP contribution in [0, 0.1) is 0 Å². The van der Waals surface area contributed by atoms with Gasteiger partial charge < -0.3 is 9.47 Å². The van der Waals surface area contributed by atoms with Gasteiger partial charge in [0.05, 0.1) is 6.20 Å². The zero-order valence-corrected chi connectivity index (χ0v) is 14.3. The first-order valence-corrected chi connectivity index (χ1v) is 8.08. The van der Waals surface area contributed by atoms with Crippen molar-refractivity contribution in [3.8, 4) is 5.82 Å². The second-order valence-electron chi connectivity index (χ2n) is 5.93. The molecule has 0 saturated heterocycles. The number of carbonyl (C=O) groups is 1. The van der Waals surface area contributed by atoms with E-state index in [1.807, 2.05) is 43.2 Å². The summed E-state index contributed by atoms with van der Waals surface area (Å²) < 4.78 is 3.63. The van der Waals surface area contributed by atoms with Crippen molar-refractivity contribution in [1.82, 2.24) is 19.2 Å². The summed E-state index contributed by atoms with van der Waals surface area (Å²) in [6, 6.07) is 12.3. The summed E-state index contributed by atoms with van der Waals surface area (Å²) in [4.78, 5) is 14.6. The molecule has 0 N–H and O–H groups in total. The minimum absolute atomic E-state index is 0.0358. The van der Waals surface area contributed by atoms with Gasteiger partial charge in [-0.05, 0) is 29.7 Å². The van der Waals surface area contributed by atoms with E-state index in [9.17, 15) is 4.79 Å². The summed E-state index contributed by atoms with van der Waals surface area (Å²) in [5.74, 6) is 0.740. The maximum atomic E-state index is 12.9. The van der Waals surface area contributed by atoms with Crippen molar-refractivity contribution in [3.05, 3.63) is 71.7 Å². The zero-order chi connectivity index (χ0) is 17.1. The molecular weight excluding hydrogens is 300 g/mol. The number of benzene rings is 1. The maximum absolute atomic E-state index is 12.9. The monoisotopic (exact) mass is 322 g/mol. The highest BCUT2D eigenvalue weighted by Gasteiger charge is 2.20. The Labute approximate surface area is 142 Å². The molecule has 3 rings (SSSR count). The Balaban J connectivity index is 1.81. The van der Waals surface area contributed by atoms with Gasteiger partial charge >= 0.3 is 0 Å². The summed E-state index contributed by atoms with van der Waals surface area (Å²) in [7, 11) is 3.66. The van der Waals surface area contributed by atoms with Crippen molar-refractivity contribution in [2.24, 2.45) is 7.05 Å². The van der Waals surface area contributed by atoms with Crippen molar-refractivity contribution < 1.29 is 4.79 Å². The lowest BCUT2D eigenvalue weighted by atomic mass is 10.1. The lowest BCUT2D eigenvalue weighted by Gasteiger charge is -2.18. The van der Waals surface area contributed by atoms with Crippen molar-refractivity contribution >= 4 is 5.91 Å². The predicted molar refractivity (Wildman–Crippen MR) is 94.2 cm³/mol. The smallest absolute Gasteiger partial charge is 0.259 e. The van der Waals surface area contributed by atoms with E-state index in [0.717, 1.165) is 17.8 Å². The summed E-state index contributed by atoms with van der Waals surface area (Å²) in [6.45, 7) is 2.71. The second-order valence-corrected chi connectivity index (χ2v) is 5.93. The van der Waals surface area contributed by atoms with Crippen molar-refractivity contribution in [3.63, 3.8) is 0 Å². The van der Waals surface area contributed by atoms with E-state index < -0.39 is 0 Å². The first-order chi connectivity index (χ1) is 11.6. The Bertz CT molecular complexity index is 816. The van der Waals surface area contributed by atoms with Crippen LogP contribution < -0.4 is 0 Å². The van der Waals surface area contributed by atoms with Crippen LogP contribution in [-0.4, -0.2) is 32.2 Å². The van der Waals surface area contributed by atoms with Gasteiger partial charge in [0.15, 0.2) is 0 Å². The number of rotatable bonds is 5. The van der Waals surface area contributed by atoms with Gasteiger partial charge in [-0.3, -0.25) is 9.48 Å². The number of nitrogens with zero attached hydrogens (tertiary/aromatic N) is 4. The van der Waals surface area contributed by atoms with Gasteiger partial charge in [-0.25, -0.2) is 0 Å². The molecule has 1 aromatic carbocycles. The third-order valence-corrected chi connectivity index (χ3v) is 4.18. The molecular formula is C19H22N4O. The third-order valence-electron chi connectivity index (χ3n) is 4.18. The maximum Gasteiger partial charge on any atom is 0.259 e. The van der Waals surface area contributed by atoms with Gasteiger partial charge in [0.1, 0.15) is 11.4 Å². The molecule has 5 heteroatoms. The molecule has 0 aliphatic rings. The van der Waals surface area contributed by atoms with E-state index >= 15 is 0 Å². The number of aryl methyl sites for hydroxylation is 2. The van der Waals surface area contributed by atoms with Crippen LogP contribution in [0.15, 0.2) is 55.0 Å². The molecule has 24 heavy (non-hydrogen) atoms. The number of amides is 1. The molecule has 0 unspecified atom stereocenters. The Kier molecular flexibility index (Phi) is 4.51. The Morgan fingerprint density at radius 2 is 1.75 bits per heavy atom. The van der Waals surface area contributed by atoms with E-state index in [-0.39, 0.29) is 5.91 Å². The largest absolute Gasteiger partial charge is 0.337 e. The quantitative estimate of drug-likeness (QED) is 0.724. The summed E-state index contributed by atoms with van der Waals surface area (Å²) in [5.41, 5.74) is 3.02. The van der Waals surface area contributed by atoms with Crippen LogP contribution in [-0.2, 0) is 20.0 Å². The van der Waals surface area contributed by atoms with Gasteiger partial charge in [-0.2, -0.15) is 5.10 Å². The molecule has 5 nitrogen and oxygen atoms in total. The fourth-order valence-electron chi connectivity index (χ4n) is 2.80. The summed E-state index contributed by atoms with van der Waals surface area (Å²) >= 11 is 0. The molecule has 0 bridgehead atoms. The molecule has 3 aromatic rings. The van der Waals surface area contributed by atoms with Crippen LogP contribution in [0.1, 0.15) is 28.4 Å². The topological polar surface area (TPSA) is 43.1 Å². The average molecular weight is 322 g/mol. The van der Waals surface area contributed by atoms with Crippen LogP contribution in [0.5, 0.6) is 0 Å². The van der Waals surface area contributed by atoms with Gasteiger partial charge in [0, 0.05) is 33.0 Å². The van der Waals surface area contributed by atoms with Crippen LogP contribution in [0.3, 0.4) is 0 Å². The normalized spacial score (nSPS) is 10.8. The van der Waals surface area contributed by atoms with Gasteiger partial charge in [-0.1, -0.05) is 31.2 Å². The molecule has 1 amide bonds. The van der Waals surface area contributed by atoms with Crippen molar-refractivity contribution in [2.45, 2.75) is 19.9 Å². The molecule has 2 heterocycles. The predicted octanol–water partition coefficient (Wildman–Crippen LogP) is 3.05. The molecule has 0 aliphatic heterocycles. The fraction of sp³-hybridized carbons (Fsp3) is 0.263. The molecule has 2 aromatic heterocycles. The Morgan fingerprint density at radius 3 is 2.38 bits per heavy atom. The SMILES string of the molecule is CCc1ccc(CN(C)C(=O)c2cnn(C)c2-n2cccc2)cc1.